The van der Waals surface area contributed by atoms with Crippen molar-refractivity contribution in [2.45, 2.75) is 64.6 Å². The zero-order valence-electron chi connectivity index (χ0n) is 23.2. The van der Waals surface area contributed by atoms with Gasteiger partial charge < -0.3 is 24.8 Å². The molecule has 0 spiro atoms. The van der Waals surface area contributed by atoms with Crippen LogP contribution in [-0.2, 0) is 16.0 Å². The maximum absolute atomic E-state index is 14.6. The number of rotatable bonds is 9. The molecule has 0 aliphatic carbocycles. The normalized spacial score (nSPS) is 15.6. The van der Waals surface area contributed by atoms with E-state index >= 15 is 0 Å². The summed E-state index contributed by atoms with van der Waals surface area (Å²) in [6.07, 6.45) is 4.75. The van der Waals surface area contributed by atoms with E-state index in [9.17, 15) is 23.5 Å². The third-order valence-corrected chi connectivity index (χ3v) is 6.37. The number of carboxylic acid groups (broad SMARTS) is 1. The molecule has 3 aromatic rings. The van der Waals surface area contributed by atoms with Crippen molar-refractivity contribution in [1.29, 1.82) is 0 Å². The molecule has 1 aromatic carbocycles. The highest BCUT2D eigenvalue weighted by Crippen LogP contribution is 2.36. The number of carbonyl (C=O) groups is 2. The van der Waals surface area contributed by atoms with Crippen molar-refractivity contribution in [1.82, 2.24) is 25.3 Å². The minimum Gasteiger partial charge on any atom is -0.490 e. The summed E-state index contributed by atoms with van der Waals surface area (Å²) in [5.41, 5.74) is 1.31. The number of nitrogens with zero attached hydrogens (tertiary/aromatic N) is 5. The average molecular weight is 571 g/mol. The molecule has 11 nitrogen and oxygen atoms in total. The maximum atomic E-state index is 14.6. The molecule has 0 saturated heterocycles. The number of halogens is 2. The molecule has 2 unspecified atom stereocenters. The van der Waals surface area contributed by atoms with Gasteiger partial charge in [0.15, 0.2) is 23.2 Å². The zero-order valence-corrected chi connectivity index (χ0v) is 23.2. The zero-order chi connectivity index (χ0) is 29.7. The van der Waals surface area contributed by atoms with Gasteiger partial charge in [0, 0.05) is 54.9 Å². The lowest BCUT2D eigenvalue weighted by Gasteiger charge is -2.36. The fraction of sp³-hybridized carbons (Fsp3) is 0.429. The Morgan fingerprint density at radius 1 is 1.17 bits per heavy atom. The van der Waals surface area contributed by atoms with E-state index in [1.165, 1.54) is 6.07 Å². The first-order valence-corrected chi connectivity index (χ1v) is 13.2. The van der Waals surface area contributed by atoms with Crippen LogP contribution in [0, 0.1) is 11.6 Å². The number of carboxylic acids is 1. The molecule has 2 N–H and O–H groups in total. The Morgan fingerprint density at radius 2 is 1.90 bits per heavy atom. The predicted molar refractivity (Wildman–Crippen MR) is 144 cm³/mol. The van der Waals surface area contributed by atoms with Gasteiger partial charge in [0.05, 0.1) is 18.3 Å². The number of hydrogen-bond donors (Lipinski definition) is 2. The second kappa shape index (κ2) is 12.4. The standard InChI is InChI=1S/C28H32F2N6O5/c1-16-18-15-33-25(24-31-9-6-10-32-24)34-20(18)8-11-36(16)17-13-19(29)23(30)22(14-17)40-12-5-7-21(26(37)38)35-27(39)41-28(2,3)4/h6,9-10,13-16,21H,5,7-8,11-12H2,1-4H3,(H,35,39)(H,37,38). The highest BCUT2D eigenvalue weighted by atomic mass is 19.2. The van der Waals surface area contributed by atoms with E-state index in [0.717, 1.165) is 17.3 Å². The topological polar surface area (TPSA) is 140 Å². The van der Waals surface area contributed by atoms with Crippen molar-refractivity contribution < 1.29 is 33.0 Å². The molecule has 1 amide bonds. The average Bonchev–Trinajstić information content (AvgIpc) is 2.92. The smallest absolute Gasteiger partial charge is 0.408 e. The molecule has 0 radical (unpaired) electrons. The van der Waals surface area contributed by atoms with Crippen LogP contribution in [0.25, 0.3) is 11.6 Å². The first-order valence-electron chi connectivity index (χ1n) is 13.2. The van der Waals surface area contributed by atoms with E-state index in [-0.39, 0.29) is 31.2 Å². The lowest BCUT2D eigenvalue weighted by atomic mass is 9.98. The Morgan fingerprint density at radius 3 is 2.59 bits per heavy atom. The summed E-state index contributed by atoms with van der Waals surface area (Å²) >= 11 is 0. The molecule has 1 aliphatic rings. The maximum Gasteiger partial charge on any atom is 0.408 e. The van der Waals surface area contributed by atoms with Gasteiger partial charge in [-0.1, -0.05) is 0 Å². The molecule has 0 fully saturated rings. The first-order chi connectivity index (χ1) is 19.4. The van der Waals surface area contributed by atoms with Crippen LogP contribution in [0.2, 0.25) is 0 Å². The number of benzene rings is 1. The van der Waals surface area contributed by atoms with Crippen LogP contribution in [0.1, 0.15) is 57.8 Å². The summed E-state index contributed by atoms with van der Waals surface area (Å²) in [6, 6.07) is 2.77. The number of aliphatic carboxylic acids is 1. The Balaban J connectivity index is 1.41. The summed E-state index contributed by atoms with van der Waals surface area (Å²) in [5, 5.41) is 11.7. The van der Waals surface area contributed by atoms with Crippen LogP contribution >= 0.6 is 0 Å². The number of carbonyl (C=O) groups excluding carboxylic acids is 1. The molecule has 41 heavy (non-hydrogen) atoms. The molecule has 218 valence electrons. The SMILES string of the molecule is CC1c2cnc(-c3ncccn3)nc2CCN1c1cc(F)c(F)c(OCCCC(NC(=O)OC(C)(C)C)C(=O)O)c1. The first kappa shape index (κ1) is 29.6. The third-order valence-electron chi connectivity index (χ3n) is 6.37. The molecule has 3 heterocycles. The lowest BCUT2D eigenvalue weighted by Crippen LogP contribution is -2.43. The van der Waals surface area contributed by atoms with Crippen LogP contribution in [0.3, 0.4) is 0 Å². The van der Waals surface area contributed by atoms with Gasteiger partial charge in [0.1, 0.15) is 11.6 Å². The van der Waals surface area contributed by atoms with E-state index in [1.807, 2.05) is 11.8 Å². The monoisotopic (exact) mass is 570 g/mol. The predicted octanol–water partition coefficient (Wildman–Crippen LogP) is 4.47. The van der Waals surface area contributed by atoms with Gasteiger partial charge in [0.2, 0.25) is 5.82 Å². The number of amides is 1. The molecular formula is C28H32F2N6O5. The Bertz CT molecular complexity index is 1400. The van der Waals surface area contributed by atoms with Gasteiger partial charge in [-0.25, -0.2) is 33.9 Å². The van der Waals surface area contributed by atoms with Crippen LogP contribution in [-0.4, -0.2) is 61.9 Å². The molecule has 2 atom stereocenters. The van der Waals surface area contributed by atoms with Gasteiger partial charge in [-0.3, -0.25) is 0 Å². The van der Waals surface area contributed by atoms with E-state index in [0.29, 0.717) is 30.3 Å². The highest BCUT2D eigenvalue weighted by molar-refractivity contribution is 5.79. The van der Waals surface area contributed by atoms with Crippen LogP contribution in [0.15, 0.2) is 36.8 Å². The molecule has 2 aromatic heterocycles. The fourth-order valence-corrected chi connectivity index (χ4v) is 4.44. The van der Waals surface area contributed by atoms with Gasteiger partial charge in [0.25, 0.3) is 0 Å². The van der Waals surface area contributed by atoms with Crippen molar-refractivity contribution in [2.24, 2.45) is 0 Å². The van der Waals surface area contributed by atoms with E-state index < -0.39 is 35.3 Å². The summed E-state index contributed by atoms with van der Waals surface area (Å²) in [6.45, 7) is 7.29. The lowest BCUT2D eigenvalue weighted by molar-refractivity contribution is -0.139. The third kappa shape index (κ3) is 7.41. The molecule has 1 aliphatic heterocycles. The van der Waals surface area contributed by atoms with Crippen molar-refractivity contribution >= 4 is 17.7 Å². The summed E-state index contributed by atoms with van der Waals surface area (Å²) in [7, 11) is 0. The second-order valence-electron chi connectivity index (χ2n) is 10.6. The Labute approximate surface area is 236 Å². The highest BCUT2D eigenvalue weighted by Gasteiger charge is 2.28. The van der Waals surface area contributed by atoms with Crippen LogP contribution in [0.4, 0.5) is 19.3 Å². The van der Waals surface area contributed by atoms with Crippen LogP contribution < -0.4 is 15.0 Å². The number of anilines is 1. The van der Waals surface area contributed by atoms with Crippen molar-refractivity contribution in [3.63, 3.8) is 0 Å². The van der Waals surface area contributed by atoms with Crippen molar-refractivity contribution in [3.05, 3.63) is 59.7 Å². The molecular weight excluding hydrogens is 538 g/mol. The molecule has 4 rings (SSSR count). The van der Waals surface area contributed by atoms with Crippen molar-refractivity contribution in [3.8, 4) is 17.4 Å². The number of fused-ring (bicyclic) bond motifs is 1. The largest absolute Gasteiger partial charge is 0.490 e. The minimum atomic E-state index is -1.25. The molecule has 0 bridgehead atoms. The number of alkyl carbamates (subject to hydrolysis) is 1. The Hall–Kier alpha value is -4.42. The number of ether oxygens (including phenoxy) is 2. The second-order valence-corrected chi connectivity index (χ2v) is 10.6. The quantitative estimate of drug-likeness (QED) is 0.354. The minimum absolute atomic E-state index is 0.00563. The van der Waals surface area contributed by atoms with Crippen LogP contribution in [0.5, 0.6) is 5.75 Å². The number of hydrogen-bond acceptors (Lipinski definition) is 9. The number of aromatic nitrogens is 4. The summed E-state index contributed by atoms with van der Waals surface area (Å²) in [5.74, 6) is -2.92. The summed E-state index contributed by atoms with van der Waals surface area (Å²) in [4.78, 5) is 42.8. The van der Waals surface area contributed by atoms with E-state index in [2.05, 4.69) is 25.3 Å². The molecule has 13 heteroatoms. The van der Waals surface area contributed by atoms with E-state index in [4.69, 9.17) is 9.47 Å². The van der Waals surface area contributed by atoms with Crippen molar-refractivity contribution in [2.75, 3.05) is 18.1 Å². The Kier molecular flexibility index (Phi) is 8.94. The summed E-state index contributed by atoms with van der Waals surface area (Å²) < 4.78 is 39.9. The van der Waals surface area contributed by atoms with Gasteiger partial charge >= 0.3 is 12.1 Å². The number of nitrogens with one attached hydrogen (secondary N) is 1. The van der Waals surface area contributed by atoms with Gasteiger partial charge in [-0.2, -0.15) is 4.39 Å². The van der Waals surface area contributed by atoms with Gasteiger partial charge in [-0.15, -0.1) is 0 Å². The van der Waals surface area contributed by atoms with Gasteiger partial charge in [-0.05, 0) is 46.6 Å². The fourth-order valence-electron chi connectivity index (χ4n) is 4.44. The van der Waals surface area contributed by atoms with E-state index in [1.54, 1.807) is 45.4 Å². The molecule has 0 saturated carbocycles.